The summed E-state index contributed by atoms with van der Waals surface area (Å²) in [7, 11) is 0. The van der Waals surface area contributed by atoms with Gasteiger partial charge < -0.3 is 15.4 Å². The number of thioether (sulfide) groups is 1. The molecular weight excluding hydrogens is 336 g/mol. The molecule has 0 saturated heterocycles. The number of nitrogens with one attached hydrogen (secondary N) is 2. The van der Waals surface area contributed by atoms with Crippen LogP contribution in [0.25, 0.3) is 0 Å². The van der Waals surface area contributed by atoms with Gasteiger partial charge in [0.25, 0.3) is 0 Å². The second-order valence-corrected chi connectivity index (χ2v) is 7.81. The predicted molar refractivity (Wildman–Crippen MR) is 110 cm³/mol. The van der Waals surface area contributed by atoms with E-state index in [9.17, 15) is 0 Å². The van der Waals surface area contributed by atoms with Crippen molar-refractivity contribution < 1.29 is 4.74 Å². The zero-order chi connectivity index (χ0) is 17.0. The first-order valence-corrected chi connectivity index (χ1v) is 10.2. The Morgan fingerprint density at radius 3 is 2.71 bits per heavy atom. The molecule has 0 atom stereocenters. The first-order chi connectivity index (χ1) is 11.8. The summed E-state index contributed by atoms with van der Waals surface area (Å²) in [5.41, 5.74) is 0.968. The van der Waals surface area contributed by atoms with Gasteiger partial charge in [-0.05, 0) is 61.5 Å². The average Bonchev–Trinajstić information content (AvgIpc) is 2.62. The van der Waals surface area contributed by atoms with Crippen molar-refractivity contribution in [2.75, 3.05) is 24.2 Å². The molecule has 132 valence electrons. The Hall–Kier alpha value is -1.20. The summed E-state index contributed by atoms with van der Waals surface area (Å²) in [5.74, 6) is 2.05. The van der Waals surface area contributed by atoms with Crippen molar-refractivity contribution in [3.63, 3.8) is 0 Å². The number of hydrogen-bond donors (Lipinski definition) is 2. The minimum Gasteiger partial charge on any atom is -0.490 e. The molecule has 0 aliphatic heterocycles. The molecule has 0 aromatic heterocycles. The molecule has 1 aliphatic rings. The molecule has 0 bridgehead atoms. The third kappa shape index (κ3) is 7.58. The van der Waals surface area contributed by atoms with Crippen LogP contribution >= 0.6 is 24.0 Å². The van der Waals surface area contributed by atoms with E-state index in [2.05, 4.69) is 29.0 Å². The summed E-state index contributed by atoms with van der Waals surface area (Å²) in [6.07, 6.45) is 9.97. The maximum Gasteiger partial charge on any atom is 0.170 e. The van der Waals surface area contributed by atoms with E-state index in [-0.39, 0.29) is 0 Å². The lowest BCUT2D eigenvalue weighted by Crippen LogP contribution is -2.29. The van der Waals surface area contributed by atoms with E-state index in [0.29, 0.717) is 11.7 Å². The van der Waals surface area contributed by atoms with Crippen LogP contribution in [0.1, 0.15) is 38.5 Å². The van der Waals surface area contributed by atoms with Crippen molar-refractivity contribution in [1.29, 1.82) is 0 Å². The Morgan fingerprint density at radius 1 is 1.25 bits per heavy atom. The molecule has 24 heavy (non-hydrogen) atoms. The van der Waals surface area contributed by atoms with E-state index in [1.165, 1.54) is 37.9 Å². The number of rotatable bonds is 9. The lowest BCUT2D eigenvalue weighted by molar-refractivity contribution is 0.363. The molecule has 0 heterocycles. The lowest BCUT2D eigenvalue weighted by Gasteiger charge is -2.20. The molecule has 1 aromatic carbocycles. The molecule has 2 rings (SSSR count). The van der Waals surface area contributed by atoms with Gasteiger partial charge in [0.2, 0.25) is 0 Å². The van der Waals surface area contributed by atoms with Crippen LogP contribution < -0.4 is 15.4 Å². The fraction of sp³-hybridized carbons (Fsp3) is 0.526. The van der Waals surface area contributed by atoms with E-state index in [0.717, 1.165) is 29.7 Å². The lowest BCUT2D eigenvalue weighted by atomic mass is 10.0. The highest BCUT2D eigenvalue weighted by Gasteiger charge is 2.12. The fourth-order valence-electron chi connectivity index (χ4n) is 2.72. The number of ether oxygens (including phenoxy) is 1. The Balaban J connectivity index is 1.56. The molecular formula is C19H28N2OS2. The van der Waals surface area contributed by atoms with Crippen molar-refractivity contribution in [3.8, 4) is 5.75 Å². The minimum absolute atomic E-state index is 0.519. The quantitative estimate of drug-likeness (QED) is 0.366. The molecule has 1 aromatic rings. The Kier molecular flexibility index (Phi) is 9.06. The van der Waals surface area contributed by atoms with E-state index < -0.39 is 0 Å². The third-order valence-corrected chi connectivity index (χ3v) is 5.71. The molecule has 5 heteroatoms. The summed E-state index contributed by atoms with van der Waals surface area (Å²) >= 11 is 7.48. The van der Waals surface area contributed by atoms with Gasteiger partial charge in [0.1, 0.15) is 12.4 Å². The molecule has 0 unspecified atom stereocenters. The summed E-state index contributed by atoms with van der Waals surface area (Å²) in [4.78, 5) is 0. The van der Waals surface area contributed by atoms with Gasteiger partial charge in [-0.3, -0.25) is 0 Å². The van der Waals surface area contributed by atoms with Crippen molar-refractivity contribution in [1.82, 2.24) is 5.32 Å². The van der Waals surface area contributed by atoms with E-state index in [1.54, 1.807) is 6.08 Å². The van der Waals surface area contributed by atoms with Crippen LogP contribution in [0.2, 0.25) is 0 Å². The SMILES string of the molecule is C=CCOc1ccc(NC(=S)NCCCSC2CCCCC2)cc1. The standard InChI is InChI=1S/C19H28N2OS2/c1-2-14-22-17-11-9-16(10-12-17)21-19(23)20-13-6-15-24-18-7-4-3-5-8-18/h2,9-12,18H,1,3-8,13-15H2,(H2,20,21,23). The molecule has 0 radical (unpaired) electrons. The Morgan fingerprint density at radius 2 is 2.00 bits per heavy atom. The highest BCUT2D eigenvalue weighted by Crippen LogP contribution is 2.28. The van der Waals surface area contributed by atoms with Gasteiger partial charge in [0, 0.05) is 17.5 Å². The summed E-state index contributed by atoms with van der Waals surface area (Å²) in [6, 6.07) is 7.78. The van der Waals surface area contributed by atoms with Gasteiger partial charge in [-0.2, -0.15) is 11.8 Å². The summed E-state index contributed by atoms with van der Waals surface area (Å²) in [5, 5.41) is 8.06. The monoisotopic (exact) mass is 364 g/mol. The van der Waals surface area contributed by atoms with E-state index in [1.807, 2.05) is 24.3 Å². The zero-order valence-electron chi connectivity index (χ0n) is 14.3. The van der Waals surface area contributed by atoms with Crippen LogP contribution in [-0.4, -0.2) is 29.3 Å². The van der Waals surface area contributed by atoms with Crippen molar-refractivity contribution >= 4 is 34.8 Å². The van der Waals surface area contributed by atoms with Gasteiger partial charge in [0.15, 0.2) is 5.11 Å². The smallest absolute Gasteiger partial charge is 0.170 e. The second kappa shape index (κ2) is 11.4. The van der Waals surface area contributed by atoms with Gasteiger partial charge in [0.05, 0.1) is 0 Å². The van der Waals surface area contributed by atoms with Crippen LogP contribution in [0.5, 0.6) is 5.75 Å². The van der Waals surface area contributed by atoms with Gasteiger partial charge in [-0.1, -0.05) is 31.9 Å². The first-order valence-electron chi connectivity index (χ1n) is 8.78. The molecule has 0 spiro atoms. The van der Waals surface area contributed by atoms with Crippen LogP contribution in [0.15, 0.2) is 36.9 Å². The van der Waals surface area contributed by atoms with Crippen molar-refractivity contribution in [2.45, 2.75) is 43.8 Å². The van der Waals surface area contributed by atoms with Crippen molar-refractivity contribution in [2.24, 2.45) is 0 Å². The fourth-order valence-corrected chi connectivity index (χ4v) is 4.25. The summed E-state index contributed by atoms with van der Waals surface area (Å²) < 4.78 is 5.46. The number of anilines is 1. The molecule has 2 N–H and O–H groups in total. The van der Waals surface area contributed by atoms with Crippen molar-refractivity contribution in [3.05, 3.63) is 36.9 Å². The zero-order valence-corrected chi connectivity index (χ0v) is 15.9. The highest BCUT2D eigenvalue weighted by atomic mass is 32.2. The molecule has 1 fully saturated rings. The van der Waals surface area contributed by atoms with Gasteiger partial charge >= 0.3 is 0 Å². The van der Waals surface area contributed by atoms with Crippen LogP contribution in [-0.2, 0) is 0 Å². The Bertz CT molecular complexity index is 499. The molecule has 0 amide bonds. The van der Waals surface area contributed by atoms with Crippen LogP contribution in [0, 0.1) is 0 Å². The molecule has 3 nitrogen and oxygen atoms in total. The van der Waals surface area contributed by atoms with E-state index in [4.69, 9.17) is 17.0 Å². The average molecular weight is 365 g/mol. The molecule has 1 saturated carbocycles. The van der Waals surface area contributed by atoms with E-state index >= 15 is 0 Å². The number of hydrogen-bond acceptors (Lipinski definition) is 3. The minimum atomic E-state index is 0.519. The number of thiocarbonyl (C=S) groups is 1. The largest absolute Gasteiger partial charge is 0.490 e. The topological polar surface area (TPSA) is 33.3 Å². The normalized spacial score (nSPS) is 14.8. The maximum atomic E-state index is 5.46. The number of benzene rings is 1. The maximum absolute atomic E-state index is 5.46. The van der Waals surface area contributed by atoms with Gasteiger partial charge in [-0.25, -0.2) is 0 Å². The third-order valence-electron chi connectivity index (χ3n) is 3.99. The first kappa shape index (κ1) is 19.1. The highest BCUT2D eigenvalue weighted by molar-refractivity contribution is 7.99. The van der Waals surface area contributed by atoms with Crippen LogP contribution in [0.4, 0.5) is 5.69 Å². The predicted octanol–water partition coefficient (Wildman–Crippen LogP) is 4.99. The second-order valence-electron chi connectivity index (χ2n) is 5.99. The van der Waals surface area contributed by atoms with Crippen LogP contribution in [0.3, 0.4) is 0 Å². The molecule has 1 aliphatic carbocycles. The van der Waals surface area contributed by atoms with Gasteiger partial charge in [-0.15, -0.1) is 0 Å². The summed E-state index contributed by atoms with van der Waals surface area (Å²) in [6.45, 7) is 5.08. The Labute approximate surface area is 155 Å².